The minimum Gasteiger partial charge on any atom is -0.347 e. The van der Waals surface area contributed by atoms with Crippen LogP contribution in [-0.2, 0) is 7.05 Å². The molecule has 4 heteroatoms. The van der Waals surface area contributed by atoms with E-state index >= 15 is 0 Å². The minimum absolute atomic E-state index is 0.0647. The Morgan fingerprint density at radius 3 is 2.81 bits per heavy atom. The van der Waals surface area contributed by atoms with Crippen LogP contribution in [0.1, 0.15) is 23.3 Å². The largest absolute Gasteiger partial charge is 0.347 e. The summed E-state index contributed by atoms with van der Waals surface area (Å²) in [5.41, 5.74) is 6.47. The molecule has 1 heterocycles. The van der Waals surface area contributed by atoms with Crippen molar-refractivity contribution < 1.29 is 4.79 Å². The zero-order valence-corrected chi connectivity index (χ0v) is 9.89. The van der Waals surface area contributed by atoms with Gasteiger partial charge in [0.15, 0.2) is 0 Å². The SMILES string of the molecule is CN(C(=O)c1cccn1C)C(CN)C1CC1. The Labute approximate surface area is 96.0 Å². The summed E-state index contributed by atoms with van der Waals surface area (Å²) in [6.45, 7) is 0.553. The van der Waals surface area contributed by atoms with Crippen LogP contribution in [0.3, 0.4) is 0 Å². The molecule has 1 aromatic rings. The summed E-state index contributed by atoms with van der Waals surface area (Å²) in [6, 6.07) is 3.93. The third-order valence-corrected chi connectivity index (χ3v) is 3.39. The van der Waals surface area contributed by atoms with Gasteiger partial charge in [-0.2, -0.15) is 0 Å². The molecule has 0 radical (unpaired) electrons. The number of nitrogens with two attached hydrogens (primary N) is 1. The molecule has 0 spiro atoms. The van der Waals surface area contributed by atoms with Gasteiger partial charge in [0.1, 0.15) is 5.69 Å². The molecule has 1 amide bonds. The van der Waals surface area contributed by atoms with Crippen LogP contribution in [0, 0.1) is 5.92 Å². The summed E-state index contributed by atoms with van der Waals surface area (Å²) in [5, 5.41) is 0. The summed E-state index contributed by atoms with van der Waals surface area (Å²) in [6.07, 6.45) is 4.29. The van der Waals surface area contributed by atoms with Gasteiger partial charge in [-0.05, 0) is 30.9 Å². The number of nitrogens with zero attached hydrogens (tertiary/aromatic N) is 2. The van der Waals surface area contributed by atoms with E-state index in [1.54, 1.807) is 4.90 Å². The summed E-state index contributed by atoms with van der Waals surface area (Å²) in [5.74, 6) is 0.675. The van der Waals surface area contributed by atoms with Crippen LogP contribution >= 0.6 is 0 Å². The lowest BCUT2D eigenvalue weighted by Gasteiger charge is -2.27. The number of amides is 1. The maximum Gasteiger partial charge on any atom is 0.270 e. The van der Waals surface area contributed by atoms with E-state index in [1.807, 2.05) is 37.0 Å². The van der Waals surface area contributed by atoms with Crippen molar-refractivity contribution in [1.29, 1.82) is 0 Å². The molecule has 0 saturated heterocycles. The monoisotopic (exact) mass is 221 g/mol. The fourth-order valence-electron chi connectivity index (χ4n) is 2.16. The number of rotatable bonds is 4. The van der Waals surface area contributed by atoms with Crippen LogP contribution in [0.4, 0.5) is 0 Å². The van der Waals surface area contributed by atoms with Gasteiger partial charge < -0.3 is 15.2 Å². The molecule has 1 atom stereocenters. The molecule has 4 nitrogen and oxygen atoms in total. The van der Waals surface area contributed by atoms with Crippen molar-refractivity contribution in [2.45, 2.75) is 18.9 Å². The molecule has 1 fully saturated rings. The van der Waals surface area contributed by atoms with Crippen LogP contribution in [0.5, 0.6) is 0 Å². The molecular weight excluding hydrogens is 202 g/mol. The van der Waals surface area contributed by atoms with E-state index in [9.17, 15) is 4.79 Å². The normalized spacial score (nSPS) is 17.2. The van der Waals surface area contributed by atoms with Crippen molar-refractivity contribution >= 4 is 5.91 Å². The zero-order chi connectivity index (χ0) is 11.7. The number of carbonyl (C=O) groups excluding carboxylic acids is 1. The maximum absolute atomic E-state index is 12.2. The third kappa shape index (κ3) is 1.97. The number of aryl methyl sites for hydroxylation is 1. The molecule has 1 aromatic heterocycles. The Bertz CT molecular complexity index is 381. The van der Waals surface area contributed by atoms with Gasteiger partial charge >= 0.3 is 0 Å². The minimum atomic E-state index is 0.0647. The molecule has 0 aliphatic heterocycles. The van der Waals surface area contributed by atoms with Crippen LogP contribution in [0.25, 0.3) is 0 Å². The lowest BCUT2D eigenvalue weighted by Crippen LogP contribution is -2.43. The Balaban J connectivity index is 2.11. The first-order valence-electron chi connectivity index (χ1n) is 5.73. The van der Waals surface area contributed by atoms with E-state index in [-0.39, 0.29) is 11.9 Å². The molecule has 1 aliphatic rings. The highest BCUT2D eigenvalue weighted by Crippen LogP contribution is 2.34. The lowest BCUT2D eigenvalue weighted by atomic mass is 10.1. The summed E-state index contributed by atoms with van der Waals surface area (Å²) >= 11 is 0. The zero-order valence-electron chi connectivity index (χ0n) is 9.89. The predicted molar refractivity (Wildman–Crippen MR) is 63.1 cm³/mol. The first-order chi connectivity index (χ1) is 7.65. The number of carbonyl (C=O) groups is 1. The summed E-state index contributed by atoms with van der Waals surface area (Å²) in [4.78, 5) is 14.0. The highest BCUT2D eigenvalue weighted by molar-refractivity contribution is 5.92. The van der Waals surface area contributed by atoms with Gasteiger partial charge in [-0.15, -0.1) is 0 Å². The van der Waals surface area contributed by atoms with Crippen LogP contribution < -0.4 is 5.73 Å². The second kappa shape index (κ2) is 4.29. The van der Waals surface area contributed by atoms with Gasteiger partial charge in [0.05, 0.1) is 0 Å². The third-order valence-electron chi connectivity index (χ3n) is 3.39. The molecular formula is C12H19N3O. The van der Waals surface area contributed by atoms with Crippen molar-refractivity contribution in [3.63, 3.8) is 0 Å². The molecule has 1 aliphatic carbocycles. The highest BCUT2D eigenvalue weighted by Gasteiger charge is 2.35. The molecule has 1 unspecified atom stereocenters. The molecule has 88 valence electrons. The number of likely N-dealkylation sites (N-methyl/N-ethyl adjacent to an activating group) is 1. The van der Waals surface area contributed by atoms with Crippen LogP contribution in [-0.4, -0.2) is 35.0 Å². The first-order valence-corrected chi connectivity index (χ1v) is 5.73. The van der Waals surface area contributed by atoms with Crippen molar-refractivity contribution in [3.8, 4) is 0 Å². The average molecular weight is 221 g/mol. The van der Waals surface area contributed by atoms with Crippen molar-refractivity contribution in [3.05, 3.63) is 24.0 Å². The molecule has 0 aromatic carbocycles. The van der Waals surface area contributed by atoms with E-state index in [0.29, 0.717) is 12.5 Å². The summed E-state index contributed by atoms with van der Waals surface area (Å²) in [7, 11) is 3.74. The van der Waals surface area contributed by atoms with E-state index in [4.69, 9.17) is 5.73 Å². The second-order valence-electron chi connectivity index (χ2n) is 4.56. The van der Waals surface area contributed by atoms with Gasteiger partial charge in [0.2, 0.25) is 0 Å². The van der Waals surface area contributed by atoms with E-state index in [2.05, 4.69) is 0 Å². The van der Waals surface area contributed by atoms with Gasteiger partial charge in [-0.25, -0.2) is 0 Å². The predicted octanol–water partition coefficient (Wildman–Crippen LogP) is 0.834. The van der Waals surface area contributed by atoms with Crippen molar-refractivity contribution in [2.24, 2.45) is 18.7 Å². The topological polar surface area (TPSA) is 51.3 Å². The van der Waals surface area contributed by atoms with Gasteiger partial charge in [0.25, 0.3) is 5.91 Å². The smallest absolute Gasteiger partial charge is 0.270 e. The van der Waals surface area contributed by atoms with Gasteiger partial charge in [0, 0.05) is 32.9 Å². The van der Waals surface area contributed by atoms with E-state index in [0.717, 1.165) is 5.69 Å². The Morgan fingerprint density at radius 1 is 1.69 bits per heavy atom. The number of hydrogen-bond donors (Lipinski definition) is 1. The Kier molecular flexibility index (Phi) is 3.01. The van der Waals surface area contributed by atoms with Crippen LogP contribution in [0.15, 0.2) is 18.3 Å². The lowest BCUT2D eigenvalue weighted by molar-refractivity contribution is 0.0709. The average Bonchev–Trinajstić information content (AvgIpc) is 3.01. The molecule has 1 saturated carbocycles. The molecule has 2 N–H and O–H groups in total. The number of aromatic nitrogens is 1. The standard InChI is InChI=1S/C12H19N3O/c1-14-7-3-4-10(14)12(16)15(2)11(8-13)9-5-6-9/h3-4,7,9,11H,5-6,8,13H2,1-2H3. The van der Waals surface area contributed by atoms with Crippen molar-refractivity contribution in [1.82, 2.24) is 9.47 Å². The first kappa shape index (κ1) is 11.2. The van der Waals surface area contributed by atoms with Crippen LogP contribution in [0.2, 0.25) is 0 Å². The molecule has 2 rings (SSSR count). The van der Waals surface area contributed by atoms with E-state index < -0.39 is 0 Å². The fourth-order valence-corrected chi connectivity index (χ4v) is 2.16. The Hall–Kier alpha value is -1.29. The number of hydrogen-bond acceptors (Lipinski definition) is 2. The maximum atomic E-state index is 12.2. The Morgan fingerprint density at radius 2 is 2.38 bits per heavy atom. The second-order valence-corrected chi connectivity index (χ2v) is 4.56. The quantitative estimate of drug-likeness (QED) is 0.819. The van der Waals surface area contributed by atoms with Gasteiger partial charge in [-0.3, -0.25) is 4.79 Å². The van der Waals surface area contributed by atoms with E-state index in [1.165, 1.54) is 12.8 Å². The fraction of sp³-hybridized carbons (Fsp3) is 0.583. The molecule has 16 heavy (non-hydrogen) atoms. The highest BCUT2D eigenvalue weighted by atomic mass is 16.2. The molecule has 0 bridgehead atoms. The van der Waals surface area contributed by atoms with Crippen molar-refractivity contribution in [2.75, 3.05) is 13.6 Å². The van der Waals surface area contributed by atoms with Gasteiger partial charge in [-0.1, -0.05) is 0 Å². The summed E-state index contributed by atoms with van der Waals surface area (Å²) < 4.78 is 1.85.